The number of aryl methyl sites for hydroxylation is 2. The molecule has 0 bridgehead atoms. The van der Waals surface area contributed by atoms with Crippen LogP contribution in [0.2, 0.25) is 0 Å². The van der Waals surface area contributed by atoms with Gasteiger partial charge in [0, 0.05) is 32.1 Å². The first-order valence-corrected chi connectivity index (χ1v) is 10.5. The summed E-state index contributed by atoms with van der Waals surface area (Å²) in [6.07, 6.45) is 2.46. The van der Waals surface area contributed by atoms with Crippen LogP contribution in [0.25, 0.3) is 5.65 Å². The quantitative estimate of drug-likeness (QED) is 0.593. The molecule has 0 unspecified atom stereocenters. The Balaban J connectivity index is 1.46. The van der Waals surface area contributed by atoms with Gasteiger partial charge in [0.15, 0.2) is 5.65 Å². The maximum Gasteiger partial charge on any atom is 0.240 e. The molecule has 8 nitrogen and oxygen atoms in total. The third-order valence-corrected chi connectivity index (χ3v) is 5.94. The van der Waals surface area contributed by atoms with Gasteiger partial charge in [-0.2, -0.15) is 0 Å². The van der Waals surface area contributed by atoms with E-state index in [0.29, 0.717) is 18.5 Å². The average Bonchev–Trinajstić information content (AvgIpc) is 3.07. The Kier molecular flexibility index (Phi) is 6.05. The van der Waals surface area contributed by atoms with Gasteiger partial charge in [-0.25, -0.2) is 13.1 Å². The van der Waals surface area contributed by atoms with Crippen LogP contribution in [0.5, 0.6) is 0 Å². The summed E-state index contributed by atoms with van der Waals surface area (Å²) in [7, 11) is -3.64. The smallest absolute Gasteiger partial charge is 0.240 e. The summed E-state index contributed by atoms with van der Waals surface area (Å²) in [5.74, 6) is 0.531. The van der Waals surface area contributed by atoms with Gasteiger partial charge in [-0.3, -0.25) is 9.20 Å². The van der Waals surface area contributed by atoms with Crippen LogP contribution in [-0.2, 0) is 21.2 Å². The second kappa shape index (κ2) is 8.49. The summed E-state index contributed by atoms with van der Waals surface area (Å²) in [6, 6.07) is 10.9. The van der Waals surface area contributed by atoms with E-state index < -0.39 is 10.0 Å². The van der Waals surface area contributed by atoms with Crippen molar-refractivity contribution in [2.45, 2.75) is 31.6 Å². The molecule has 28 heavy (non-hydrogen) atoms. The number of fused-ring (bicyclic) bond motifs is 1. The highest BCUT2D eigenvalue weighted by molar-refractivity contribution is 7.89. The van der Waals surface area contributed by atoms with Gasteiger partial charge in [0.2, 0.25) is 15.9 Å². The number of nitrogens with zero attached hydrogens (tertiary/aromatic N) is 3. The van der Waals surface area contributed by atoms with E-state index in [9.17, 15) is 13.2 Å². The van der Waals surface area contributed by atoms with Gasteiger partial charge in [0.25, 0.3) is 0 Å². The van der Waals surface area contributed by atoms with E-state index in [1.165, 1.54) is 0 Å². The fraction of sp³-hybridized carbons (Fsp3) is 0.316. The number of carbonyl (C=O) groups is 1. The van der Waals surface area contributed by atoms with Crippen LogP contribution in [0, 0.1) is 13.8 Å². The first-order valence-electron chi connectivity index (χ1n) is 8.99. The number of carbonyl (C=O) groups excluding carboxylic acids is 1. The minimum Gasteiger partial charge on any atom is -0.356 e. The molecule has 0 saturated carbocycles. The predicted octanol–water partition coefficient (Wildman–Crippen LogP) is 1.37. The molecule has 9 heteroatoms. The Hall–Kier alpha value is -2.78. The van der Waals surface area contributed by atoms with Gasteiger partial charge in [0.1, 0.15) is 5.82 Å². The monoisotopic (exact) mass is 401 g/mol. The third kappa shape index (κ3) is 4.73. The highest BCUT2D eigenvalue weighted by atomic mass is 32.2. The fourth-order valence-electron chi connectivity index (χ4n) is 2.84. The molecule has 3 rings (SSSR count). The summed E-state index contributed by atoms with van der Waals surface area (Å²) in [4.78, 5) is 12.2. The fourth-order valence-corrected chi connectivity index (χ4v) is 4.20. The van der Waals surface area contributed by atoms with Crippen molar-refractivity contribution in [2.24, 2.45) is 0 Å². The van der Waals surface area contributed by atoms with E-state index in [2.05, 4.69) is 20.2 Å². The maximum atomic E-state index is 12.4. The lowest BCUT2D eigenvalue weighted by atomic mass is 10.2. The van der Waals surface area contributed by atoms with Crippen molar-refractivity contribution in [3.63, 3.8) is 0 Å². The summed E-state index contributed by atoms with van der Waals surface area (Å²) >= 11 is 0. The van der Waals surface area contributed by atoms with Crippen LogP contribution in [0.1, 0.15) is 23.4 Å². The molecule has 0 aliphatic carbocycles. The van der Waals surface area contributed by atoms with Crippen molar-refractivity contribution in [1.82, 2.24) is 24.6 Å². The van der Waals surface area contributed by atoms with Gasteiger partial charge in [-0.1, -0.05) is 18.2 Å². The van der Waals surface area contributed by atoms with E-state index in [1.807, 2.05) is 41.8 Å². The van der Waals surface area contributed by atoms with Crippen molar-refractivity contribution in [3.8, 4) is 0 Å². The number of aromatic nitrogens is 3. The number of rotatable bonds is 8. The molecular weight excluding hydrogens is 378 g/mol. The lowest BCUT2D eigenvalue weighted by Crippen LogP contribution is -2.32. The second-order valence-corrected chi connectivity index (χ2v) is 8.30. The third-order valence-electron chi connectivity index (χ3n) is 4.33. The van der Waals surface area contributed by atoms with Crippen LogP contribution in [-0.4, -0.2) is 42.0 Å². The second-order valence-electron chi connectivity index (χ2n) is 6.56. The highest BCUT2D eigenvalue weighted by Gasteiger charge is 2.17. The van der Waals surface area contributed by atoms with Crippen LogP contribution >= 0.6 is 0 Å². The zero-order chi connectivity index (χ0) is 20.1. The van der Waals surface area contributed by atoms with Gasteiger partial charge >= 0.3 is 0 Å². The van der Waals surface area contributed by atoms with E-state index in [1.54, 1.807) is 19.1 Å². The molecule has 2 aromatic heterocycles. The van der Waals surface area contributed by atoms with Gasteiger partial charge in [-0.05, 0) is 43.2 Å². The molecular formula is C19H23N5O3S. The molecule has 0 radical (unpaired) electrons. The summed E-state index contributed by atoms with van der Waals surface area (Å²) in [6.45, 7) is 4.02. The van der Waals surface area contributed by atoms with Crippen molar-refractivity contribution < 1.29 is 13.2 Å². The molecule has 0 aliphatic rings. The molecule has 0 aliphatic heterocycles. The largest absolute Gasteiger partial charge is 0.356 e. The molecule has 2 N–H and O–H groups in total. The maximum absolute atomic E-state index is 12.4. The molecule has 0 saturated heterocycles. The molecule has 148 valence electrons. The Morgan fingerprint density at radius 1 is 1.11 bits per heavy atom. The average molecular weight is 401 g/mol. The van der Waals surface area contributed by atoms with Crippen molar-refractivity contribution >= 4 is 21.6 Å². The van der Waals surface area contributed by atoms with Gasteiger partial charge in [-0.15, -0.1) is 10.2 Å². The minimum absolute atomic E-state index is 0.0371. The van der Waals surface area contributed by atoms with Gasteiger partial charge in [0.05, 0.1) is 4.90 Å². The Labute approximate surface area is 164 Å². The molecule has 1 amide bonds. The number of hydrogen-bond acceptors (Lipinski definition) is 5. The summed E-state index contributed by atoms with van der Waals surface area (Å²) < 4.78 is 29.2. The van der Waals surface area contributed by atoms with Crippen LogP contribution in [0.4, 0.5) is 0 Å². The zero-order valence-corrected chi connectivity index (χ0v) is 16.7. The molecule has 3 aromatic rings. The van der Waals surface area contributed by atoms with Gasteiger partial charge < -0.3 is 5.32 Å². The lowest BCUT2D eigenvalue weighted by molar-refractivity contribution is -0.120. The number of amides is 1. The van der Waals surface area contributed by atoms with E-state index in [4.69, 9.17) is 0 Å². The molecule has 1 aromatic carbocycles. The van der Waals surface area contributed by atoms with E-state index >= 15 is 0 Å². The summed E-state index contributed by atoms with van der Waals surface area (Å²) in [5, 5.41) is 10.9. The van der Waals surface area contributed by atoms with Crippen LogP contribution < -0.4 is 10.0 Å². The molecule has 0 atom stereocenters. The number of sulfonamides is 1. The van der Waals surface area contributed by atoms with Crippen LogP contribution in [0.3, 0.4) is 0 Å². The summed E-state index contributed by atoms with van der Waals surface area (Å²) in [5.41, 5.74) is 2.29. The van der Waals surface area contributed by atoms with E-state index in [0.717, 1.165) is 17.0 Å². The first kappa shape index (κ1) is 20.0. The Morgan fingerprint density at radius 2 is 1.93 bits per heavy atom. The van der Waals surface area contributed by atoms with Crippen molar-refractivity contribution in [3.05, 3.63) is 59.5 Å². The van der Waals surface area contributed by atoms with Crippen LogP contribution in [0.15, 0.2) is 47.5 Å². The Morgan fingerprint density at radius 3 is 2.75 bits per heavy atom. The van der Waals surface area contributed by atoms with Crippen molar-refractivity contribution in [1.29, 1.82) is 0 Å². The topological polar surface area (TPSA) is 105 Å². The zero-order valence-electron chi connectivity index (χ0n) is 15.8. The number of benzene rings is 1. The predicted molar refractivity (Wildman–Crippen MR) is 105 cm³/mol. The number of hydrogen-bond donors (Lipinski definition) is 2. The lowest BCUT2D eigenvalue weighted by Gasteiger charge is -2.10. The van der Waals surface area contributed by atoms with Crippen molar-refractivity contribution in [2.75, 3.05) is 13.1 Å². The normalized spacial score (nSPS) is 11.6. The number of pyridine rings is 1. The Bertz CT molecular complexity index is 1090. The standard InChI is InChI=1S/C19H23N5O3S/c1-14-6-7-15(2)16(13-14)28(26,27)21-11-9-19(25)20-10-8-18-23-22-17-5-3-4-12-24(17)18/h3-7,12-13,21H,8-11H2,1-2H3,(H,20,25). The first-order chi connectivity index (χ1) is 13.4. The molecule has 2 heterocycles. The minimum atomic E-state index is -3.64. The van der Waals surface area contributed by atoms with E-state index in [-0.39, 0.29) is 23.8 Å². The molecule has 0 fully saturated rings. The number of nitrogens with one attached hydrogen (secondary N) is 2. The SMILES string of the molecule is Cc1ccc(C)c(S(=O)(=O)NCCC(=O)NCCc2nnc3ccccn23)c1. The molecule has 0 spiro atoms. The highest BCUT2D eigenvalue weighted by Crippen LogP contribution is 2.16.